The number of rotatable bonds is 15. The molecule has 0 radical (unpaired) electrons. The highest BCUT2D eigenvalue weighted by Crippen LogP contribution is 2.19. The normalized spacial score (nSPS) is 15.0. The molecule has 0 aliphatic heterocycles. The minimum Gasteiger partial charge on any atom is -0.480 e. The third-order valence-corrected chi connectivity index (χ3v) is 7.04. The summed E-state index contributed by atoms with van der Waals surface area (Å²) in [5, 5.41) is 28.1. The first-order valence-corrected chi connectivity index (χ1v) is 14.1. The summed E-state index contributed by atoms with van der Waals surface area (Å²) in [5.41, 5.74) is 7.91. The highest BCUT2D eigenvalue weighted by atomic mass is 32.2. The lowest BCUT2D eigenvalue weighted by Crippen LogP contribution is -2.58. The molecule has 2 heterocycles. The zero-order chi connectivity index (χ0) is 29.2. The fourth-order valence-electron chi connectivity index (χ4n) is 4.08. The second-order valence-corrected chi connectivity index (χ2v) is 10.4. The Balaban J connectivity index is 1.81. The number of aliphatic hydroxyl groups is 1. The van der Waals surface area contributed by atoms with E-state index in [-0.39, 0.29) is 19.3 Å². The van der Waals surface area contributed by atoms with Gasteiger partial charge in [-0.2, -0.15) is 11.8 Å². The van der Waals surface area contributed by atoms with Crippen molar-refractivity contribution in [3.05, 3.63) is 54.2 Å². The van der Waals surface area contributed by atoms with E-state index in [1.807, 2.05) is 30.5 Å². The Morgan fingerprint density at radius 3 is 2.33 bits per heavy atom. The van der Waals surface area contributed by atoms with Crippen molar-refractivity contribution in [2.24, 2.45) is 5.73 Å². The van der Waals surface area contributed by atoms with Crippen LogP contribution in [0.1, 0.15) is 24.6 Å². The van der Waals surface area contributed by atoms with Gasteiger partial charge in [-0.1, -0.05) is 18.2 Å². The number of aliphatic carboxylic acids is 1. The van der Waals surface area contributed by atoms with Crippen LogP contribution in [0.15, 0.2) is 43.0 Å². The number of nitrogens with one attached hydrogen (secondary N) is 5. The molecule has 3 amide bonds. The van der Waals surface area contributed by atoms with Crippen molar-refractivity contribution in [1.29, 1.82) is 0 Å². The van der Waals surface area contributed by atoms with Crippen molar-refractivity contribution >= 4 is 46.4 Å². The fraction of sp³-hybridized carbons (Fsp3) is 0.423. The molecular weight excluding hydrogens is 538 g/mol. The summed E-state index contributed by atoms with van der Waals surface area (Å²) in [6.45, 7) is 1.36. The van der Waals surface area contributed by atoms with E-state index in [1.54, 1.807) is 6.20 Å². The first-order chi connectivity index (χ1) is 19.1. The number of hydrogen-bond acceptors (Lipinski definition) is 8. The van der Waals surface area contributed by atoms with Crippen LogP contribution in [0.5, 0.6) is 0 Å². The Hall–Kier alpha value is -3.88. The number of carbonyl (C=O) groups is 4. The maximum atomic E-state index is 13.5. The van der Waals surface area contributed by atoms with Gasteiger partial charge in [-0.05, 0) is 37.0 Å². The average molecular weight is 574 g/mol. The zero-order valence-corrected chi connectivity index (χ0v) is 23.0. The number of para-hydroxylation sites is 1. The third-order valence-electron chi connectivity index (χ3n) is 6.39. The molecule has 0 saturated heterocycles. The van der Waals surface area contributed by atoms with Crippen LogP contribution >= 0.6 is 11.8 Å². The van der Waals surface area contributed by atoms with Crippen molar-refractivity contribution in [2.45, 2.75) is 56.5 Å². The summed E-state index contributed by atoms with van der Waals surface area (Å²) in [6.07, 6.45) is 5.55. The van der Waals surface area contributed by atoms with Gasteiger partial charge in [-0.3, -0.25) is 14.4 Å². The molecule has 3 aromatic rings. The molecule has 0 fully saturated rings. The molecule has 0 aliphatic carbocycles. The lowest BCUT2D eigenvalue weighted by Gasteiger charge is -2.25. The van der Waals surface area contributed by atoms with Crippen LogP contribution < -0.4 is 21.7 Å². The van der Waals surface area contributed by atoms with Crippen LogP contribution in [-0.2, 0) is 32.0 Å². The van der Waals surface area contributed by atoms with E-state index in [4.69, 9.17) is 5.73 Å². The number of aliphatic hydroxyl groups excluding tert-OH is 1. The average Bonchev–Trinajstić information content (AvgIpc) is 3.59. The Morgan fingerprint density at radius 2 is 1.68 bits per heavy atom. The summed E-state index contributed by atoms with van der Waals surface area (Å²) in [6, 6.07) is 2.72. The van der Waals surface area contributed by atoms with Crippen LogP contribution in [0, 0.1) is 0 Å². The number of hydrogen-bond donors (Lipinski definition) is 8. The molecule has 3 rings (SSSR count). The highest BCUT2D eigenvalue weighted by molar-refractivity contribution is 7.98. The molecule has 1 aromatic carbocycles. The number of amides is 3. The van der Waals surface area contributed by atoms with Gasteiger partial charge in [-0.25, -0.2) is 9.78 Å². The zero-order valence-electron chi connectivity index (χ0n) is 22.2. The number of benzene rings is 1. The molecular formula is C26H35N7O6S. The van der Waals surface area contributed by atoms with Crippen LogP contribution in [0.25, 0.3) is 10.9 Å². The number of fused-ring (bicyclic) bond motifs is 1. The van der Waals surface area contributed by atoms with Crippen LogP contribution in [0.3, 0.4) is 0 Å². The Kier molecular flexibility index (Phi) is 11.1. The molecule has 5 unspecified atom stereocenters. The number of carboxylic acid groups (broad SMARTS) is 1. The number of H-pyrrole nitrogens is 2. The predicted molar refractivity (Wildman–Crippen MR) is 150 cm³/mol. The van der Waals surface area contributed by atoms with Gasteiger partial charge in [0, 0.05) is 41.8 Å². The molecule has 14 heteroatoms. The summed E-state index contributed by atoms with van der Waals surface area (Å²) in [7, 11) is 0. The lowest BCUT2D eigenvalue weighted by atomic mass is 10.0. The minimum absolute atomic E-state index is 0.0270. The largest absolute Gasteiger partial charge is 0.480 e. The maximum absolute atomic E-state index is 13.5. The molecule has 13 nitrogen and oxygen atoms in total. The standard InChI is InChI=1S/C26H35N7O6S/c1-14(34)22(27)25(37)32-20(9-15-11-29-18-6-4-3-5-17(15)18)24(36)31-19(7-8-40-2)23(35)33-21(26(38)39)10-16-12-28-13-30-16/h3-6,11-14,19-22,29,34H,7-10,27H2,1-2H3,(H,28,30)(H,31,36)(H,32,37)(H,33,35)(H,38,39). The summed E-state index contributed by atoms with van der Waals surface area (Å²) < 4.78 is 0. The number of nitrogens with two attached hydrogens (primary N) is 1. The SMILES string of the molecule is CSCCC(NC(=O)C(Cc1c[nH]c2ccccc12)NC(=O)C(N)C(C)O)C(=O)NC(Cc1cnc[nH]1)C(=O)O. The maximum Gasteiger partial charge on any atom is 0.326 e. The lowest BCUT2D eigenvalue weighted by molar-refractivity contribution is -0.142. The van der Waals surface area contributed by atoms with E-state index in [9.17, 15) is 29.4 Å². The Morgan fingerprint density at radius 1 is 1.00 bits per heavy atom. The third kappa shape index (κ3) is 8.31. The Labute approximate surface area is 235 Å². The number of carbonyl (C=O) groups excluding carboxylic acids is 3. The second kappa shape index (κ2) is 14.5. The highest BCUT2D eigenvalue weighted by Gasteiger charge is 2.31. The summed E-state index contributed by atoms with van der Waals surface area (Å²) >= 11 is 1.46. The molecule has 2 aromatic heterocycles. The molecule has 0 aliphatic rings. The topological polar surface area (TPSA) is 215 Å². The van der Waals surface area contributed by atoms with Gasteiger partial charge in [0.25, 0.3) is 0 Å². The number of aromatic nitrogens is 3. The predicted octanol–water partition coefficient (Wildman–Crippen LogP) is -0.324. The van der Waals surface area contributed by atoms with Crippen LogP contribution in [0.4, 0.5) is 0 Å². The van der Waals surface area contributed by atoms with Gasteiger partial charge in [-0.15, -0.1) is 0 Å². The molecule has 5 atom stereocenters. The number of aromatic amines is 2. The summed E-state index contributed by atoms with van der Waals surface area (Å²) in [5.74, 6) is -2.80. The van der Waals surface area contributed by atoms with Gasteiger partial charge < -0.3 is 41.9 Å². The smallest absolute Gasteiger partial charge is 0.326 e. The monoisotopic (exact) mass is 573 g/mol. The Bertz CT molecular complexity index is 1300. The number of thioether (sulfide) groups is 1. The first kappa shape index (κ1) is 30.7. The van der Waals surface area contributed by atoms with Crippen LogP contribution in [0.2, 0.25) is 0 Å². The van der Waals surface area contributed by atoms with E-state index in [0.29, 0.717) is 11.4 Å². The molecule has 0 bridgehead atoms. The minimum atomic E-state index is -1.27. The van der Waals surface area contributed by atoms with E-state index in [1.165, 1.54) is 31.2 Å². The molecule has 0 spiro atoms. The quantitative estimate of drug-likeness (QED) is 0.119. The van der Waals surface area contributed by atoms with E-state index >= 15 is 0 Å². The van der Waals surface area contributed by atoms with Crippen molar-refractivity contribution in [3.8, 4) is 0 Å². The molecule has 9 N–H and O–H groups in total. The fourth-order valence-corrected chi connectivity index (χ4v) is 4.55. The molecule has 0 saturated carbocycles. The van der Waals surface area contributed by atoms with Gasteiger partial charge in [0.1, 0.15) is 24.2 Å². The van der Waals surface area contributed by atoms with Crippen molar-refractivity contribution in [2.75, 3.05) is 12.0 Å². The second-order valence-electron chi connectivity index (χ2n) is 9.41. The van der Waals surface area contributed by atoms with Crippen molar-refractivity contribution in [3.63, 3.8) is 0 Å². The van der Waals surface area contributed by atoms with E-state index < -0.39 is 54.0 Å². The van der Waals surface area contributed by atoms with E-state index in [0.717, 1.165) is 16.5 Å². The van der Waals surface area contributed by atoms with Gasteiger partial charge in [0.2, 0.25) is 17.7 Å². The first-order valence-electron chi connectivity index (χ1n) is 12.7. The van der Waals surface area contributed by atoms with E-state index in [2.05, 4.69) is 30.9 Å². The van der Waals surface area contributed by atoms with Crippen LogP contribution in [-0.4, -0.2) is 91.1 Å². The van der Waals surface area contributed by atoms with Crippen molar-refractivity contribution < 1.29 is 29.4 Å². The van der Waals surface area contributed by atoms with Crippen molar-refractivity contribution in [1.82, 2.24) is 30.9 Å². The number of imidazole rings is 1. The summed E-state index contributed by atoms with van der Waals surface area (Å²) in [4.78, 5) is 61.1. The van der Waals surface area contributed by atoms with Gasteiger partial charge in [0.15, 0.2) is 0 Å². The van der Waals surface area contributed by atoms with Gasteiger partial charge >= 0.3 is 5.97 Å². The molecule has 216 valence electrons. The number of nitrogens with zero attached hydrogens (tertiary/aromatic N) is 1. The van der Waals surface area contributed by atoms with Gasteiger partial charge in [0.05, 0.1) is 12.4 Å². The number of carboxylic acids is 1. The molecule has 40 heavy (non-hydrogen) atoms.